The summed E-state index contributed by atoms with van der Waals surface area (Å²) in [5.41, 5.74) is 0.562. The molecule has 0 aliphatic rings. The van der Waals surface area contributed by atoms with Crippen LogP contribution in [0.25, 0.3) is 0 Å². The fourth-order valence-corrected chi connectivity index (χ4v) is 2.66. The van der Waals surface area contributed by atoms with Crippen molar-refractivity contribution >= 4 is 40.8 Å². The topological polar surface area (TPSA) is 116 Å². The first kappa shape index (κ1) is 21.1. The summed E-state index contributed by atoms with van der Waals surface area (Å²) in [4.78, 5) is 46.8. The summed E-state index contributed by atoms with van der Waals surface area (Å²) in [5.74, 6) is -1.50. The van der Waals surface area contributed by atoms with Gasteiger partial charge in [-0.1, -0.05) is 18.2 Å². The third kappa shape index (κ3) is 6.51. The third-order valence-electron chi connectivity index (χ3n) is 3.67. The fraction of sp³-hybridized carbons (Fsp3) is 0.211. The average Bonchev–Trinajstić information content (AvgIpc) is 2.70. The lowest BCUT2D eigenvalue weighted by molar-refractivity contribution is -0.384. The molecular formula is C19H18N2O6S. The second-order valence-corrected chi connectivity index (χ2v) is 6.55. The maximum atomic E-state index is 12.1. The molecule has 2 aromatic rings. The third-order valence-corrected chi connectivity index (χ3v) is 4.42. The number of amides is 1. The Hall–Kier alpha value is -3.20. The summed E-state index contributed by atoms with van der Waals surface area (Å²) >= 11 is 1.56. The molecule has 0 atom stereocenters. The highest BCUT2D eigenvalue weighted by Crippen LogP contribution is 2.17. The Morgan fingerprint density at radius 3 is 2.46 bits per heavy atom. The summed E-state index contributed by atoms with van der Waals surface area (Å²) in [6.07, 6.45) is 1.76. The molecule has 8 nitrogen and oxygen atoms in total. The van der Waals surface area contributed by atoms with Crippen LogP contribution in [-0.4, -0.2) is 35.4 Å². The van der Waals surface area contributed by atoms with Crippen molar-refractivity contribution < 1.29 is 24.0 Å². The van der Waals surface area contributed by atoms with E-state index in [1.54, 1.807) is 23.9 Å². The van der Waals surface area contributed by atoms with Crippen LogP contribution in [0.3, 0.4) is 0 Å². The molecule has 0 radical (unpaired) electrons. The van der Waals surface area contributed by atoms with E-state index in [4.69, 9.17) is 4.74 Å². The zero-order valence-corrected chi connectivity index (χ0v) is 15.9. The molecule has 0 saturated heterocycles. The van der Waals surface area contributed by atoms with Crippen LogP contribution in [0.1, 0.15) is 23.2 Å². The quantitative estimate of drug-likeness (QED) is 0.224. The molecule has 0 bridgehead atoms. The predicted octanol–water partition coefficient (Wildman–Crippen LogP) is 3.46. The molecule has 28 heavy (non-hydrogen) atoms. The number of rotatable bonds is 9. The molecule has 2 rings (SSSR count). The van der Waals surface area contributed by atoms with E-state index < -0.39 is 23.4 Å². The molecule has 9 heteroatoms. The number of ether oxygens (including phenoxy) is 1. The van der Waals surface area contributed by atoms with E-state index in [0.717, 1.165) is 4.90 Å². The number of nitrogens with one attached hydrogen (secondary N) is 1. The molecule has 0 aliphatic heterocycles. The second-order valence-electron chi connectivity index (χ2n) is 5.67. The Morgan fingerprint density at radius 1 is 1.11 bits per heavy atom. The lowest BCUT2D eigenvalue weighted by Crippen LogP contribution is -2.21. The smallest absolute Gasteiger partial charge is 0.306 e. The molecule has 1 amide bonds. The first-order valence-corrected chi connectivity index (χ1v) is 9.48. The van der Waals surface area contributed by atoms with Gasteiger partial charge >= 0.3 is 5.97 Å². The van der Waals surface area contributed by atoms with E-state index >= 15 is 0 Å². The van der Waals surface area contributed by atoms with E-state index in [-0.39, 0.29) is 30.0 Å². The minimum atomic E-state index is -0.678. The number of nitrogens with zero attached hydrogens (tertiary/aromatic N) is 1. The van der Waals surface area contributed by atoms with Gasteiger partial charge in [0.2, 0.25) is 0 Å². The number of esters is 1. The minimum absolute atomic E-state index is 0.0239. The van der Waals surface area contributed by atoms with Crippen LogP contribution >= 0.6 is 11.8 Å². The maximum Gasteiger partial charge on any atom is 0.306 e. The number of nitro benzene ring substituents is 1. The predicted molar refractivity (Wildman–Crippen MR) is 104 cm³/mol. The van der Waals surface area contributed by atoms with Gasteiger partial charge in [-0.2, -0.15) is 0 Å². The summed E-state index contributed by atoms with van der Waals surface area (Å²) in [7, 11) is 0. The van der Waals surface area contributed by atoms with Gasteiger partial charge in [-0.15, -0.1) is 11.8 Å². The van der Waals surface area contributed by atoms with E-state index in [0.29, 0.717) is 5.56 Å². The summed E-state index contributed by atoms with van der Waals surface area (Å²) in [5, 5.41) is 13.1. The van der Waals surface area contributed by atoms with E-state index in [9.17, 15) is 24.5 Å². The Morgan fingerprint density at radius 2 is 1.82 bits per heavy atom. The number of non-ortho nitro benzene ring substituents is 1. The largest absolute Gasteiger partial charge is 0.456 e. The Kier molecular flexibility index (Phi) is 7.70. The number of thioether (sulfide) groups is 1. The maximum absolute atomic E-state index is 12.1. The molecule has 2 aromatic carbocycles. The molecule has 0 fully saturated rings. The normalized spacial score (nSPS) is 10.2. The highest BCUT2D eigenvalue weighted by molar-refractivity contribution is 7.98. The Bertz CT molecular complexity index is 882. The number of carbonyl (C=O) groups is 3. The highest BCUT2D eigenvalue weighted by atomic mass is 32.2. The zero-order valence-electron chi connectivity index (χ0n) is 15.0. The number of carbonyl (C=O) groups excluding carboxylic acids is 3. The lowest BCUT2D eigenvalue weighted by atomic mass is 10.1. The monoisotopic (exact) mass is 402 g/mol. The van der Waals surface area contributed by atoms with Crippen LogP contribution in [-0.2, 0) is 14.3 Å². The first-order chi connectivity index (χ1) is 13.4. The molecule has 146 valence electrons. The molecular weight excluding hydrogens is 384 g/mol. The van der Waals surface area contributed by atoms with Crippen LogP contribution in [0.15, 0.2) is 53.4 Å². The van der Waals surface area contributed by atoms with Crippen LogP contribution in [0.5, 0.6) is 0 Å². The van der Waals surface area contributed by atoms with Crippen molar-refractivity contribution in [3.8, 4) is 0 Å². The summed E-state index contributed by atoms with van der Waals surface area (Å²) in [6, 6.07) is 12.5. The number of benzene rings is 2. The molecule has 0 aliphatic carbocycles. The van der Waals surface area contributed by atoms with Gasteiger partial charge in [0.15, 0.2) is 12.4 Å². The van der Waals surface area contributed by atoms with Gasteiger partial charge in [0, 0.05) is 34.7 Å². The van der Waals surface area contributed by atoms with Gasteiger partial charge in [-0.25, -0.2) is 0 Å². The number of Topliss-reactive ketones (excluding diaryl/α,β-unsaturated/α-hetero) is 1. The summed E-state index contributed by atoms with van der Waals surface area (Å²) in [6.45, 7) is -0.544. The molecule has 0 aromatic heterocycles. The van der Waals surface area contributed by atoms with Gasteiger partial charge < -0.3 is 10.1 Å². The van der Waals surface area contributed by atoms with Gasteiger partial charge in [0.25, 0.3) is 11.6 Å². The van der Waals surface area contributed by atoms with E-state index in [1.807, 2.05) is 18.4 Å². The standard InChI is InChI=1S/C19H18N2O6S/c1-28-16-7-5-13(6-8-16)17(22)9-10-19(24)27-12-18(23)20-14-3-2-4-15(11-14)21(25)26/h2-8,11H,9-10,12H2,1H3,(H,20,23). The molecule has 1 N–H and O–H groups in total. The molecule has 0 spiro atoms. The second kappa shape index (κ2) is 10.2. The highest BCUT2D eigenvalue weighted by Gasteiger charge is 2.13. The van der Waals surface area contributed by atoms with Gasteiger partial charge in [0.05, 0.1) is 11.3 Å². The Balaban J connectivity index is 1.75. The van der Waals surface area contributed by atoms with Crippen molar-refractivity contribution in [3.05, 3.63) is 64.2 Å². The Labute approximate surface area is 165 Å². The van der Waals surface area contributed by atoms with Crippen LogP contribution in [0.2, 0.25) is 0 Å². The van der Waals surface area contributed by atoms with E-state index in [1.165, 1.54) is 24.3 Å². The average molecular weight is 402 g/mol. The van der Waals surface area contributed by atoms with Crippen LogP contribution in [0, 0.1) is 10.1 Å². The van der Waals surface area contributed by atoms with Crippen molar-refractivity contribution in [1.82, 2.24) is 0 Å². The van der Waals surface area contributed by atoms with Gasteiger partial charge in [-0.3, -0.25) is 24.5 Å². The minimum Gasteiger partial charge on any atom is -0.456 e. The van der Waals surface area contributed by atoms with Crippen molar-refractivity contribution in [2.24, 2.45) is 0 Å². The van der Waals surface area contributed by atoms with Crippen molar-refractivity contribution in [2.45, 2.75) is 17.7 Å². The lowest BCUT2D eigenvalue weighted by Gasteiger charge is -2.07. The van der Waals surface area contributed by atoms with Crippen LogP contribution in [0.4, 0.5) is 11.4 Å². The van der Waals surface area contributed by atoms with Gasteiger partial charge in [0.1, 0.15) is 0 Å². The van der Waals surface area contributed by atoms with Crippen molar-refractivity contribution in [1.29, 1.82) is 0 Å². The zero-order chi connectivity index (χ0) is 20.5. The number of hydrogen-bond acceptors (Lipinski definition) is 7. The number of anilines is 1. The molecule has 0 saturated carbocycles. The first-order valence-electron chi connectivity index (χ1n) is 8.26. The van der Waals surface area contributed by atoms with E-state index in [2.05, 4.69) is 5.32 Å². The molecule has 0 unspecified atom stereocenters. The van der Waals surface area contributed by atoms with Crippen molar-refractivity contribution in [2.75, 3.05) is 18.2 Å². The number of hydrogen-bond donors (Lipinski definition) is 1. The molecule has 0 heterocycles. The summed E-state index contributed by atoms with van der Waals surface area (Å²) < 4.78 is 4.84. The van der Waals surface area contributed by atoms with Gasteiger partial charge in [-0.05, 0) is 24.5 Å². The van der Waals surface area contributed by atoms with Crippen LogP contribution < -0.4 is 5.32 Å². The SMILES string of the molecule is CSc1ccc(C(=O)CCC(=O)OCC(=O)Nc2cccc([N+](=O)[O-])c2)cc1. The number of ketones is 1. The van der Waals surface area contributed by atoms with Crippen molar-refractivity contribution in [3.63, 3.8) is 0 Å². The fourth-order valence-electron chi connectivity index (χ4n) is 2.25. The number of nitro groups is 1.